The monoisotopic (exact) mass is 408 g/mol. The normalized spacial score (nSPS) is 14.6. The van der Waals surface area contributed by atoms with Crippen molar-refractivity contribution in [3.05, 3.63) is 82.6 Å². The number of benzene rings is 2. The fourth-order valence-electron chi connectivity index (χ4n) is 4.63. The second-order valence-electron chi connectivity index (χ2n) is 8.21. The first-order chi connectivity index (χ1) is 15.3. The van der Waals surface area contributed by atoms with Crippen molar-refractivity contribution in [1.82, 2.24) is 20.2 Å². The summed E-state index contributed by atoms with van der Waals surface area (Å²) in [5.74, 6) is 1.58. The maximum absolute atomic E-state index is 4.93. The molecule has 3 heterocycles. The van der Waals surface area contributed by atoms with E-state index in [0.29, 0.717) is 12.5 Å². The van der Waals surface area contributed by atoms with Gasteiger partial charge in [0.15, 0.2) is 5.65 Å². The van der Waals surface area contributed by atoms with E-state index >= 15 is 0 Å². The first kappa shape index (κ1) is 18.1. The highest BCUT2D eigenvalue weighted by molar-refractivity contribution is 5.91. The summed E-state index contributed by atoms with van der Waals surface area (Å²) in [5, 5.41) is 12.1. The zero-order valence-corrected chi connectivity index (χ0v) is 17.3. The minimum atomic E-state index is 0.623. The van der Waals surface area contributed by atoms with Crippen LogP contribution >= 0.6 is 0 Å². The van der Waals surface area contributed by atoms with E-state index in [0.717, 1.165) is 54.9 Å². The number of hydrogen-bond donors (Lipinski definition) is 2. The Kier molecular flexibility index (Phi) is 4.41. The van der Waals surface area contributed by atoms with Crippen LogP contribution in [0.25, 0.3) is 17.1 Å². The third-order valence-electron chi connectivity index (χ3n) is 6.21. The molecule has 0 saturated heterocycles. The third-order valence-corrected chi connectivity index (χ3v) is 6.21. The molecule has 0 radical (unpaired) electrons. The SMILES string of the molecule is C1=Cc2c(cccc2CNc2nc3c4c([nH]nc4n2)CCN3Cc2ccccc2)CC1. The van der Waals surface area contributed by atoms with Crippen LogP contribution in [-0.4, -0.2) is 26.7 Å². The van der Waals surface area contributed by atoms with Gasteiger partial charge in [-0.1, -0.05) is 60.7 Å². The Hall–Kier alpha value is -3.67. The van der Waals surface area contributed by atoms with Crippen molar-refractivity contribution in [2.24, 2.45) is 0 Å². The number of nitrogens with one attached hydrogen (secondary N) is 2. The number of rotatable bonds is 5. The maximum Gasteiger partial charge on any atom is 0.227 e. The molecule has 2 N–H and O–H groups in total. The average Bonchev–Trinajstić information content (AvgIpc) is 3.24. The second-order valence-corrected chi connectivity index (χ2v) is 8.21. The van der Waals surface area contributed by atoms with Crippen LogP contribution in [0.15, 0.2) is 54.6 Å². The lowest BCUT2D eigenvalue weighted by atomic mass is 9.93. The van der Waals surface area contributed by atoms with E-state index < -0.39 is 0 Å². The molecule has 0 unspecified atom stereocenters. The van der Waals surface area contributed by atoms with E-state index in [4.69, 9.17) is 9.97 Å². The summed E-state index contributed by atoms with van der Waals surface area (Å²) < 4.78 is 0. The zero-order valence-electron chi connectivity index (χ0n) is 17.3. The molecule has 31 heavy (non-hydrogen) atoms. The van der Waals surface area contributed by atoms with Crippen molar-refractivity contribution in [3.8, 4) is 0 Å². The van der Waals surface area contributed by atoms with Crippen LogP contribution in [0.5, 0.6) is 0 Å². The zero-order chi connectivity index (χ0) is 20.6. The van der Waals surface area contributed by atoms with Gasteiger partial charge >= 0.3 is 0 Å². The molecule has 2 aromatic carbocycles. The standard InChI is InChI=1S/C25H24N6/c1-2-7-17(8-3-1)16-31-14-13-21-22-23(30-29-21)27-25(28-24(22)31)26-15-19-11-6-10-18-9-4-5-12-20(18)19/h1-3,5-8,10-12H,4,9,13-16H2,(H2,26,27,28,29,30). The Morgan fingerprint density at radius 3 is 2.87 bits per heavy atom. The molecule has 1 aliphatic heterocycles. The van der Waals surface area contributed by atoms with Crippen LogP contribution in [0.4, 0.5) is 11.8 Å². The van der Waals surface area contributed by atoms with Gasteiger partial charge in [-0.05, 0) is 35.1 Å². The highest BCUT2D eigenvalue weighted by Gasteiger charge is 2.24. The number of aromatic amines is 1. The van der Waals surface area contributed by atoms with Gasteiger partial charge in [0.2, 0.25) is 5.95 Å². The molecule has 6 nitrogen and oxygen atoms in total. The van der Waals surface area contributed by atoms with Gasteiger partial charge in [-0.3, -0.25) is 5.10 Å². The van der Waals surface area contributed by atoms with Gasteiger partial charge in [0.05, 0.1) is 11.1 Å². The van der Waals surface area contributed by atoms with E-state index in [1.807, 2.05) is 0 Å². The lowest BCUT2D eigenvalue weighted by Crippen LogP contribution is -2.29. The number of aryl methyl sites for hydroxylation is 1. The van der Waals surface area contributed by atoms with Crippen molar-refractivity contribution in [2.75, 3.05) is 16.8 Å². The molecule has 6 heteroatoms. The molecule has 6 rings (SSSR count). The molecule has 4 aromatic rings. The van der Waals surface area contributed by atoms with Crippen molar-refractivity contribution in [2.45, 2.75) is 32.4 Å². The highest BCUT2D eigenvalue weighted by atomic mass is 15.3. The summed E-state index contributed by atoms with van der Waals surface area (Å²) >= 11 is 0. The number of nitrogens with zero attached hydrogens (tertiary/aromatic N) is 4. The summed E-state index contributed by atoms with van der Waals surface area (Å²) in [4.78, 5) is 12.0. The molecule has 0 spiro atoms. The molecule has 154 valence electrons. The lowest BCUT2D eigenvalue weighted by Gasteiger charge is -2.28. The molecule has 1 aliphatic carbocycles. The van der Waals surface area contributed by atoms with Crippen LogP contribution in [0.2, 0.25) is 0 Å². The summed E-state index contributed by atoms with van der Waals surface area (Å²) in [5.41, 5.74) is 7.15. The predicted octanol–water partition coefficient (Wildman–Crippen LogP) is 4.49. The number of fused-ring (bicyclic) bond motifs is 1. The Morgan fingerprint density at radius 2 is 1.94 bits per heavy atom. The largest absolute Gasteiger partial charge is 0.351 e. The van der Waals surface area contributed by atoms with Gasteiger partial charge in [-0.2, -0.15) is 15.1 Å². The van der Waals surface area contributed by atoms with Crippen molar-refractivity contribution in [1.29, 1.82) is 0 Å². The lowest BCUT2D eigenvalue weighted by molar-refractivity contribution is 0.747. The predicted molar refractivity (Wildman–Crippen MR) is 124 cm³/mol. The first-order valence-electron chi connectivity index (χ1n) is 10.9. The average molecular weight is 409 g/mol. The van der Waals surface area contributed by atoms with Gasteiger partial charge in [-0.25, -0.2) is 0 Å². The Bertz CT molecular complexity index is 1270. The molecule has 0 atom stereocenters. The maximum atomic E-state index is 4.93. The van der Waals surface area contributed by atoms with Gasteiger partial charge < -0.3 is 10.2 Å². The molecule has 0 amide bonds. The van der Waals surface area contributed by atoms with Crippen LogP contribution < -0.4 is 10.2 Å². The number of H-pyrrole nitrogens is 1. The Balaban J connectivity index is 1.32. The summed E-state index contributed by atoms with van der Waals surface area (Å²) in [7, 11) is 0. The topological polar surface area (TPSA) is 69.7 Å². The van der Waals surface area contributed by atoms with E-state index in [1.54, 1.807) is 0 Å². The Morgan fingerprint density at radius 1 is 1.00 bits per heavy atom. The molecule has 0 fully saturated rings. The number of aromatic nitrogens is 4. The fourth-order valence-corrected chi connectivity index (χ4v) is 4.63. The number of anilines is 2. The fraction of sp³-hybridized carbons (Fsp3) is 0.240. The van der Waals surface area contributed by atoms with Crippen molar-refractivity contribution < 1.29 is 0 Å². The van der Waals surface area contributed by atoms with Crippen molar-refractivity contribution in [3.63, 3.8) is 0 Å². The van der Waals surface area contributed by atoms with Gasteiger partial charge in [0, 0.05) is 26.1 Å². The minimum Gasteiger partial charge on any atom is -0.351 e. The molecule has 0 bridgehead atoms. The molecule has 0 saturated carbocycles. The van der Waals surface area contributed by atoms with Gasteiger partial charge in [-0.15, -0.1) is 0 Å². The molecule has 2 aromatic heterocycles. The Labute approximate surface area is 181 Å². The van der Waals surface area contributed by atoms with E-state index in [-0.39, 0.29) is 0 Å². The third kappa shape index (κ3) is 3.34. The number of hydrogen-bond acceptors (Lipinski definition) is 5. The van der Waals surface area contributed by atoms with Gasteiger partial charge in [0.1, 0.15) is 5.82 Å². The first-order valence-corrected chi connectivity index (χ1v) is 10.9. The van der Waals surface area contributed by atoms with Crippen LogP contribution in [0.1, 0.15) is 34.4 Å². The smallest absolute Gasteiger partial charge is 0.227 e. The molecular formula is C25H24N6. The second kappa shape index (κ2) is 7.54. The van der Waals surface area contributed by atoms with Crippen LogP contribution in [0, 0.1) is 0 Å². The van der Waals surface area contributed by atoms with Crippen LogP contribution in [-0.2, 0) is 25.9 Å². The molecular weight excluding hydrogens is 384 g/mol. The van der Waals surface area contributed by atoms with Gasteiger partial charge in [0.25, 0.3) is 0 Å². The van der Waals surface area contributed by atoms with E-state index in [9.17, 15) is 0 Å². The number of allylic oxidation sites excluding steroid dienone is 1. The van der Waals surface area contributed by atoms with Crippen molar-refractivity contribution >= 4 is 28.9 Å². The summed E-state index contributed by atoms with van der Waals surface area (Å²) in [6.45, 7) is 2.43. The highest BCUT2D eigenvalue weighted by Crippen LogP contribution is 2.32. The van der Waals surface area contributed by atoms with E-state index in [1.165, 1.54) is 22.3 Å². The quantitative estimate of drug-likeness (QED) is 0.509. The van der Waals surface area contributed by atoms with E-state index in [2.05, 4.69) is 81.1 Å². The minimum absolute atomic E-state index is 0.623. The molecule has 2 aliphatic rings. The summed E-state index contributed by atoms with van der Waals surface area (Å²) in [6, 6.07) is 17.1. The summed E-state index contributed by atoms with van der Waals surface area (Å²) in [6.07, 6.45) is 7.65. The van der Waals surface area contributed by atoms with Crippen LogP contribution in [0.3, 0.4) is 0 Å².